The minimum atomic E-state index is -1.08. The maximum Gasteiger partial charge on any atom is 0.516 e. The number of hydrogen-bond acceptors (Lipinski definition) is 8. The van der Waals surface area contributed by atoms with Gasteiger partial charge in [0.1, 0.15) is 11.5 Å². The molecular weight excluding hydrogens is 354 g/mol. The van der Waals surface area contributed by atoms with E-state index in [0.29, 0.717) is 5.56 Å². The van der Waals surface area contributed by atoms with Gasteiger partial charge in [-0.05, 0) is 48.5 Å². The van der Waals surface area contributed by atoms with E-state index in [-0.39, 0.29) is 17.1 Å². The highest BCUT2D eigenvalue weighted by Crippen LogP contribution is 2.17. The fourth-order valence-corrected chi connectivity index (χ4v) is 1.74. The molecule has 2 aromatic carbocycles. The van der Waals surface area contributed by atoms with Crippen molar-refractivity contribution in [3.05, 3.63) is 72.3 Å². The fourth-order valence-electron chi connectivity index (χ4n) is 1.74. The highest BCUT2D eigenvalue weighted by molar-refractivity contribution is 5.91. The summed E-state index contributed by atoms with van der Waals surface area (Å²) in [6.07, 6.45) is -0.163. The number of carbonyl (C=O) groups excluding carboxylic acids is 3. The molecule has 2 aromatic rings. The molecule has 8 heteroatoms. The molecule has 0 saturated carbocycles. The number of hydrogen-bond donors (Lipinski definition) is 0. The van der Waals surface area contributed by atoms with Gasteiger partial charge in [-0.15, -0.1) is 0 Å². The van der Waals surface area contributed by atoms with Crippen molar-refractivity contribution in [3.8, 4) is 17.6 Å². The summed E-state index contributed by atoms with van der Waals surface area (Å²) >= 11 is 0. The summed E-state index contributed by atoms with van der Waals surface area (Å²) in [4.78, 5) is 34.3. The van der Waals surface area contributed by atoms with Crippen molar-refractivity contribution in [3.63, 3.8) is 0 Å². The second kappa shape index (κ2) is 9.39. The van der Waals surface area contributed by atoms with Gasteiger partial charge in [-0.1, -0.05) is 6.58 Å². The van der Waals surface area contributed by atoms with Crippen LogP contribution in [0.3, 0.4) is 0 Å². The van der Waals surface area contributed by atoms with Crippen molar-refractivity contribution < 1.29 is 33.3 Å². The molecule has 0 aromatic heterocycles. The Morgan fingerprint density at radius 1 is 0.926 bits per heavy atom. The van der Waals surface area contributed by atoms with E-state index in [4.69, 9.17) is 14.7 Å². The van der Waals surface area contributed by atoms with Crippen LogP contribution in [0.4, 0.5) is 4.79 Å². The molecule has 0 aliphatic carbocycles. The van der Waals surface area contributed by atoms with E-state index < -0.39 is 24.9 Å². The molecule has 136 valence electrons. The summed E-state index contributed by atoms with van der Waals surface area (Å²) in [6.45, 7) is 2.57. The van der Waals surface area contributed by atoms with Gasteiger partial charge in [0.25, 0.3) is 0 Å². The number of benzene rings is 2. The second-order valence-corrected chi connectivity index (χ2v) is 4.83. The van der Waals surface area contributed by atoms with Crippen molar-refractivity contribution in [1.82, 2.24) is 0 Å². The molecule has 0 saturated heterocycles. The Kier molecular flexibility index (Phi) is 6.68. The molecule has 8 nitrogen and oxygen atoms in total. The SMILES string of the molecule is C=CC(=O)OCOC(=O)Oc1ccc(C(=O)Oc2ccc(C#N)cc2)cc1. The first-order chi connectivity index (χ1) is 13.0. The Balaban J connectivity index is 1.87. The van der Waals surface area contributed by atoms with Crippen LogP contribution >= 0.6 is 0 Å². The highest BCUT2D eigenvalue weighted by atomic mass is 16.8. The molecule has 27 heavy (non-hydrogen) atoms. The zero-order valence-corrected chi connectivity index (χ0v) is 13.9. The molecule has 2 rings (SSSR count). The Labute approximate surface area is 154 Å². The van der Waals surface area contributed by atoms with Gasteiger partial charge in [-0.2, -0.15) is 5.26 Å². The summed E-state index contributed by atoms with van der Waals surface area (Å²) in [5, 5.41) is 8.73. The smallest absolute Gasteiger partial charge is 0.425 e. The predicted octanol–water partition coefficient (Wildman–Crippen LogP) is 2.98. The zero-order chi connectivity index (χ0) is 19.6. The van der Waals surface area contributed by atoms with Crippen molar-refractivity contribution in [2.24, 2.45) is 0 Å². The molecule has 0 unspecified atom stereocenters. The molecule has 0 fully saturated rings. The van der Waals surface area contributed by atoms with Gasteiger partial charge >= 0.3 is 18.1 Å². The first-order valence-electron chi connectivity index (χ1n) is 7.48. The van der Waals surface area contributed by atoms with E-state index in [1.54, 1.807) is 0 Å². The van der Waals surface area contributed by atoms with Crippen molar-refractivity contribution in [1.29, 1.82) is 5.26 Å². The number of nitrogens with zero attached hydrogens (tertiary/aromatic N) is 1. The molecule has 0 heterocycles. The zero-order valence-electron chi connectivity index (χ0n) is 13.9. The van der Waals surface area contributed by atoms with Gasteiger partial charge in [0.2, 0.25) is 6.79 Å². The number of esters is 2. The van der Waals surface area contributed by atoms with Crippen LogP contribution in [0.2, 0.25) is 0 Å². The number of rotatable bonds is 6. The van der Waals surface area contributed by atoms with E-state index in [9.17, 15) is 14.4 Å². The van der Waals surface area contributed by atoms with Crippen LogP contribution in [0.1, 0.15) is 15.9 Å². The van der Waals surface area contributed by atoms with E-state index in [1.165, 1.54) is 48.5 Å². The Morgan fingerprint density at radius 2 is 1.52 bits per heavy atom. The summed E-state index contributed by atoms with van der Waals surface area (Å²) < 4.78 is 19.0. The quantitative estimate of drug-likeness (QED) is 0.252. The van der Waals surface area contributed by atoms with Crippen molar-refractivity contribution in [2.45, 2.75) is 0 Å². The second-order valence-electron chi connectivity index (χ2n) is 4.83. The lowest BCUT2D eigenvalue weighted by atomic mass is 10.2. The lowest BCUT2D eigenvalue weighted by Crippen LogP contribution is -2.15. The van der Waals surface area contributed by atoms with Gasteiger partial charge in [0, 0.05) is 6.08 Å². The van der Waals surface area contributed by atoms with Crippen molar-refractivity contribution >= 4 is 18.1 Å². The van der Waals surface area contributed by atoms with Crippen LogP contribution in [0.15, 0.2) is 61.2 Å². The third kappa shape index (κ3) is 6.03. The topological polar surface area (TPSA) is 112 Å². The average molecular weight is 367 g/mol. The lowest BCUT2D eigenvalue weighted by molar-refractivity contribution is -0.146. The minimum absolute atomic E-state index is 0.116. The largest absolute Gasteiger partial charge is 0.516 e. The molecule has 0 atom stereocenters. The van der Waals surface area contributed by atoms with Crippen LogP contribution in [0.25, 0.3) is 0 Å². The Bertz CT molecular complexity index is 880. The standard InChI is InChI=1S/C19H13NO7/c1-2-17(21)24-12-25-19(23)27-16-9-5-14(6-10-16)18(22)26-15-7-3-13(11-20)4-8-15/h2-10H,1,12H2. The summed E-state index contributed by atoms with van der Waals surface area (Å²) in [7, 11) is 0. The maximum atomic E-state index is 12.1. The molecule has 0 aliphatic heterocycles. The maximum absolute atomic E-state index is 12.1. The van der Waals surface area contributed by atoms with E-state index >= 15 is 0 Å². The molecule has 0 radical (unpaired) electrons. The number of carbonyl (C=O) groups is 3. The molecule has 0 amide bonds. The first kappa shape index (κ1) is 19.2. The summed E-state index contributed by atoms with van der Waals surface area (Å²) in [5.41, 5.74) is 0.669. The van der Waals surface area contributed by atoms with Crippen LogP contribution in [-0.2, 0) is 14.3 Å². The molecule has 0 aliphatic rings. The third-order valence-corrected chi connectivity index (χ3v) is 3.03. The van der Waals surface area contributed by atoms with Gasteiger partial charge < -0.3 is 18.9 Å². The monoisotopic (exact) mass is 367 g/mol. The van der Waals surface area contributed by atoms with Crippen LogP contribution in [0.5, 0.6) is 11.5 Å². The molecular formula is C19H13NO7. The van der Waals surface area contributed by atoms with Crippen molar-refractivity contribution in [2.75, 3.05) is 6.79 Å². The normalized spacial score (nSPS) is 9.44. The fraction of sp³-hybridized carbons (Fsp3) is 0.0526. The lowest BCUT2D eigenvalue weighted by Gasteiger charge is -2.07. The number of ether oxygens (including phenoxy) is 4. The van der Waals surface area contributed by atoms with E-state index in [0.717, 1.165) is 6.08 Å². The summed E-state index contributed by atoms with van der Waals surface area (Å²) in [6, 6.07) is 13.5. The van der Waals surface area contributed by atoms with Gasteiger partial charge in [-0.3, -0.25) is 0 Å². The third-order valence-electron chi connectivity index (χ3n) is 3.03. The molecule has 0 spiro atoms. The summed E-state index contributed by atoms with van der Waals surface area (Å²) in [5.74, 6) is -0.958. The number of nitriles is 1. The molecule has 0 bridgehead atoms. The van der Waals surface area contributed by atoms with Gasteiger partial charge in [-0.25, -0.2) is 14.4 Å². The van der Waals surface area contributed by atoms with Gasteiger partial charge in [0.05, 0.1) is 17.2 Å². The van der Waals surface area contributed by atoms with Crippen LogP contribution in [-0.4, -0.2) is 24.9 Å². The van der Waals surface area contributed by atoms with Gasteiger partial charge in [0.15, 0.2) is 0 Å². The Morgan fingerprint density at radius 3 is 2.11 bits per heavy atom. The molecule has 0 N–H and O–H groups in total. The minimum Gasteiger partial charge on any atom is -0.425 e. The Hall–Kier alpha value is -4.12. The first-order valence-corrected chi connectivity index (χ1v) is 7.48. The highest BCUT2D eigenvalue weighted by Gasteiger charge is 2.11. The van der Waals surface area contributed by atoms with E-state index in [1.807, 2.05) is 6.07 Å². The van der Waals surface area contributed by atoms with Crippen LogP contribution in [0, 0.1) is 11.3 Å². The predicted molar refractivity (Wildman–Crippen MR) is 90.8 cm³/mol. The van der Waals surface area contributed by atoms with Crippen LogP contribution < -0.4 is 9.47 Å². The average Bonchev–Trinajstić information content (AvgIpc) is 2.68. The van der Waals surface area contributed by atoms with E-state index in [2.05, 4.69) is 16.1 Å².